The van der Waals surface area contributed by atoms with Crippen LogP contribution in [0.1, 0.15) is 12.5 Å². The van der Waals surface area contributed by atoms with Gasteiger partial charge in [0.25, 0.3) is 0 Å². The lowest BCUT2D eigenvalue weighted by Crippen LogP contribution is -2.26. The SMILES string of the molecule is CCn1c(=O)n(CN)c2ccc(-c3[nH]c(-c4cnccn4)nc3-c3cccc(C)c3)cc21. The van der Waals surface area contributed by atoms with Crippen LogP contribution < -0.4 is 11.4 Å². The number of nitrogens with two attached hydrogens (primary N) is 1. The smallest absolute Gasteiger partial charge is 0.330 e. The zero-order chi connectivity index (χ0) is 22.2. The van der Waals surface area contributed by atoms with Crippen molar-refractivity contribution >= 4 is 11.0 Å². The number of nitrogens with zero attached hydrogens (tertiary/aromatic N) is 5. The summed E-state index contributed by atoms with van der Waals surface area (Å²) >= 11 is 0. The van der Waals surface area contributed by atoms with Crippen molar-refractivity contribution in [3.05, 3.63) is 77.1 Å². The average molecular weight is 425 g/mol. The van der Waals surface area contributed by atoms with Crippen LogP contribution in [0, 0.1) is 6.92 Å². The lowest BCUT2D eigenvalue weighted by atomic mass is 10.0. The van der Waals surface area contributed by atoms with Crippen molar-refractivity contribution in [1.29, 1.82) is 0 Å². The fraction of sp³-hybridized carbons (Fsp3) is 0.167. The number of H-pyrrole nitrogens is 1. The van der Waals surface area contributed by atoms with Gasteiger partial charge in [-0.25, -0.2) is 14.8 Å². The molecule has 160 valence electrons. The van der Waals surface area contributed by atoms with Crippen LogP contribution in [0.2, 0.25) is 0 Å². The molecule has 0 saturated heterocycles. The third-order valence-corrected chi connectivity index (χ3v) is 5.61. The van der Waals surface area contributed by atoms with E-state index in [1.165, 1.54) is 0 Å². The summed E-state index contributed by atoms with van der Waals surface area (Å²) < 4.78 is 3.32. The first-order valence-electron chi connectivity index (χ1n) is 10.5. The molecular weight excluding hydrogens is 402 g/mol. The van der Waals surface area contributed by atoms with Gasteiger partial charge in [-0.05, 0) is 32.0 Å². The first-order valence-corrected chi connectivity index (χ1v) is 10.5. The van der Waals surface area contributed by atoms with Crippen LogP contribution in [-0.4, -0.2) is 29.1 Å². The van der Waals surface area contributed by atoms with Crippen LogP contribution in [0.3, 0.4) is 0 Å². The molecule has 0 unspecified atom stereocenters. The second-order valence-electron chi connectivity index (χ2n) is 7.61. The maximum absolute atomic E-state index is 12.7. The molecule has 5 aromatic rings. The van der Waals surface area contributed by atoms with Crippen LogP contribution in [0.4, 0.5) is 0 Å². The largest absolute Gasteiger partial charge is 0.336 e. The minimum atomic E-state index is -0.106. The maximum atomic E-state index is 12.7. The molecule has 8 heteroatoms. The Balaban J connectivity index is 1.76. The number of hydrogen-bond donors (Lipinski definition) is 2. The molecule has 0 aliphatic carbocycles. The number of aryl methyl sites for hydroxylation is 2. The van der Waals surface area contributed by atoms with E-state index in [9.17, 15) is 4.79 Å². The number of fused-ring (bicyclic) bond motifs is 1. The molecule has 0 aliphatic rings. The molecule has 0 aliphatic heterocycles. The maximum Gasteiger partial charge on any atom is 0.330 e. The highest BCUT2D eigenvalue weighted by Gasteiger charge is 2.18. The summed E-state index contributed by atoms with van der Waals surface area (Å²) in [6.45, 7) is 4.71. The molecular formula is C24H23N7O. The Morgan fingerprint density at radius 2 is 1.91 bits per heavy atom. The Bertz CT molecular complexity index is 1480. The van der Waals surface area contributed by atoms with Crippen LogP contribution in [0.15, 0.2) is 65.8 Å². The zero-order valence-electron chi connectivity index (χ0n) is 17.9. The third kappa shape index (κ3) is 3.21. The monoisotopic (exact) mass is 425 g/mol. The molecule has 2 aromatic carbocycles. The summed E-state index contributed by atoms with van der Waals surface area (Å²) in [5.41, 5.74) is 12.8. The summed E-state index contributed by atoms with van der Waals surface area (Å²) in [6.07, 6.45) is 4.96. The van der Waals surface area contributed by atoms with Crippen LogP contribution >= 0.6 is 0 Å². The molecule has 3 heterocycles. The van der Waals surface area contributed by atoms with Gasteiger partial charge in [-0.15, -0.1) is 0 Å². The number of imidazole rings is 2. The molecule has 32 heavy (non-hydrogen) atoms. The Labute approximate surface area is 184 Å². The molecule has 8 nitrogen and oxygen atoms in total. The number of hydrogen-bond acceptors (Lipinski definition) is 5. The van der Waals surface area contributed by atoms with E-state index in [-0.39, 0.29) is 12.4 Å². The van der Waals surface area contributed by atoms with E-state index in [1.807, 2.05) is 37.3 Å². The zero-order valence-corrected chi connectivity index (χ0v) is 17.9. The fourth-order valence-electron chi connectivity index (χ4n) is 4.08. The predicted octanol–water partition coefficient (Wildman–Crippen LogP) is 3.56. The second-order valence-corrected chi connectivity index (χ2v) is 7.61. The molecule has 0 bridgehead atoms. The minimum Gasteiger partial charge on any atom is -0.336 e. The van der Waals surface area contributed by atoms with Gasteiger partial charge in [-0.1, -0.05) is 29.8 Å². The Morgan fingerprint density at radius 3 is 2.62 bits per heavy atom. The van der Waals surface area contributed by atoms with Crippen molar-refractivity contribution in [1.82, 2.24) is 29.1 Å². The molecule has 0 spiro atoms. The summed E-state index contributed by atoms with van der Waals surface area (Å²) in [4.78, 5) is 29.6. The molecule has 5 rings (SSSR count). The highest BCUT2D eigenvalue weighted by atomic mass is 16.1. The average Bonchev–Trinajstić information content (AvgIpc) is 3.38. The van der Waals surface area contributed by atoms with Gasteiger partial charge in [0.2, 0.25) is 0 Å². The van der Waals surface area contributed by atoms with E-state index in [1.54, 1.807) is 27.7 Å². The Hall–Kier alpha value is -4.04. The first kappa shape index (κ1) is 19.9. The number of aromatic nitrogens is 6. The van der Waals surface area contributed by atoms with Crippen molar-refractivity contribution < 1.29 is 0 Å². The van der Waals surface area contributed by atoms with E-state index in [0.717, 1.165) is 39.1 Å². The highest BCUT2D eigenvalue weighted by Crippen LogP contribution is 2.34. The lowest BCUT2D eigenvalue weighted by molar-refractivity contribution is 0.658. The van der Waals surface area contributed by atoms with Crippen LogP contribution in [0.5, 0.6) is 0 Å². The quantitative estimate of drug-likeness (QED) is 0.448. The predicted molar refractivity (Wildman–Crippen MR) is 125 cm³/mol. The van der Waals surface area contributed by atoms with E-state index in [2.05, 4.69) is 34.0 Å². The summed E-state index contributed by atoms with van der Waals surface area (Å²) in [5, 5.41) is 0. The first-order chi connectivity index (χ1) is 15.6. The number of rotatable bonds is 5. The van der Waals surface area contributed by atoms with Crippen molar-refractivity contribution in [2.24, 2.45) is 5.73 Å². The van der Waals surface area contributed by atoms with Gasteiger partial charge in [-0.2, -0.15) is 0 Å². The summed E-state index contributed by atoms with van der Waals surface area (Å²) in [5.74, 6) is 0.636. The standard InChI is InChI=1S/C24H23N7O/c1-3-30-20-12-17(7-8-19(20)31(14-25)24(30)32)22-21(16-6-4-5-15(2)11-16)28-23(29-22)18-13-26-9-10-27-18/h4-13H,3,14,25H2,1-2H3,(H,28,29). The fourth-order valence-corrected chi connectivity index (χ4v) is 4.08. The van der Waals surface area contributed by atoms with E-state index in [0.29, 0.717) is 18.1 Å². The van der Waals surface area contributed by atoms with Gasteiger partial charge in [-0.3, -0.25) is 14.1 Å². The Kier molecular flexibility index (Phi) is 4.91. The number of aromatic amines is 1. The molecule has 0 radical (unpaired) electrons. The lowest BCUT2D eigenvalue weighted by Gasteiger charge is -2.06. The summed E-state index contributed by atoms with van der Waals surface area (Å²) in [6, 6.07) is 14.2. The summed E-state index contributed by atoms with van der Waals surface area (Å²) in [7, 11) is 0. The van der Waals surface area contributed by atoms with Gasteiger partial charge >= 0.3 is 5.69 Å². The van der Waals surface area contributed by atoms with Crippen molar-refractivity contribution in [3.63, 3.8) is 0 Å². The topological polar surface area (TPSA) is 107 Å². The van der Waals surface area contributed by atoms with E-state index >= 15 is 0 Å². The molecule has 0 amide bonds. The van der Waals surface area contributed by atoms with Gasteiger partial charge in [0.05, 0.1) is 35.3 Å². The van der Waals surface area contributed by atoms with E-state index in [4.69, 9.17) is 10.7 Å². The minimum absolute atomic E-state index is 0.106. The number of benzene rings is 2. The molecule has 3 aromatic heterocycles. The van der Waals surface area contributed by atoms with Crippen LogP contribution in [0.25, 0.3) is 45.1 Å². The van der Waals surface area contributed by atoms with Gasteiger partial charge in [0.15, 0.2) is 5.82 Å². The number of nitrogens with one attached hydrogen (secondary N) is 1. The molecule has 3 N–H and O–H groups in total. The van der Waals surface area contributed by atoms with Crippen LogP contribution in [-0.2, 0) is 13.2 Å². The highest BCUT2D eigenvalue weighted by molar-refractivity contribution is 5.87. The van der Waals surface area contributed by atoms with Gasteiger partial charge in [0, 0.05) is 30.1 Å². The van der Waals surface area contributed by atoms with Gasteiger partial charge in [0.1, 0.15) is 5.69 Å². The van der Waals surface area contributed by atoms with E-state index < -0.39 is 0 Å². The normalized spacial score (nSPS) is 11.3. The van der Waals surface area contributed by atoms with Gasteiger partial charge < -0.3 is 10.7 Å². The Morgan fingerprint density at radius 1 is 1.03 bits per heavy atom. The second kappa shape index (κ2) is 7.90. The van der Waals surface area contributed by atoms with Crippen molar-refractivity contribution in [2.75, 3.05) is 0 Å². The molecule has 0 saturated carbocycles. The third-order valence-electron chi connectivity index (χ3n) is 5.61. The molecule has 0 atom stereocenters. The van der Waals surface area contributed by atoms with Crippen molar-refractivity contribution in [2.45, 2.75) is 27.1 Å². The molecule has 0 fully saturated rings. The van der Waals surface area contributed by atoms with Crippen molar-refractivity contribution in [3.8, 4) is 34.0 Å².